The smallest absolute Gasteiger partial charge is 0.258 e. The van der Waals surface area contributed by atoms with E-state index < -0.39 is 0 Å². The lowest BCUT2D eigenvalue weighted by Crippen LogP contribution is -2.31. The molecule has 0 radical (unpaired) electrons. The minimum atomic E-state index is -0.139. The molecule has 0 bridgehead atoms. The summed E-state index contributed by atoms with van der Waals surface area (Å²) in [6.45, 7) is 5.91. The van der Waals surface area contributed by atoms with Crippen molar-refractivity contribution in [2.75, 3.05) is 6.61 Å². The van der Waals surface area contributed by atoms with Gasteiger partial charge in [-0.3, -0.25) is 9.78 Å². The van der Waals surface area contributed by atoms with Gasteiger partial charge in [-0.2, -0.15) is 0 Å². The average Bonchev–Trinajstić information content (AvgIpc) is 2.49. The average molecular weight is 284 g/mol. The van der Waals surface area contributed by atoms with Crippen molar-refractivity contribution in [1.29, 1.82) is 0 Å². The highest BCUT2D eigenvalue weighted by Crippen LogP contribution is 2.19. The highest BCUT2D eigenvalue weighted by molar-refractivity contribution is 5.78. The predicted octanol–water partition coefficient (Wildman–Crippen LogP) is 2.95. The Labute approximate surface area is 125 Å². The van der Waals surface area contributed by atoms with E-state index in [-0.39, 0.29) is 18.6 Å². The molecular weight excluding hydrogens is 264 g/mol. The molecule has 0 fully saturated rings. The zero-order chi connectivity index (χ0) is 15.2. The second-order valence-corrected chi connectivity index (χ2v) is 5.13. The van der Waals surface area contributed by atoms with E-state index in [1.807, 2.05) is 51.1 Å². The number of rotatable bonds is 5. The molecule has 1 aromatic carbocycles. The molecule has 4 heteroatoms. The van der Waals surface area contributed by atoms with Crippen molar-refractivity contribution in [2.24, 2.45) is 0 Å². The summed E-state index contributed by atoms with van der Waals surface area (Å²) in [4.78, 5) is 15.9. The molecule has 2 aromatic rings. The highest BCUT2D eigenvalue weighted by Gasteiger charge is 2.10. The quantitative estimate of drug-likeness (QED) is 0.918. The van der Waals surface area contributed by atoms with Gasteiger partial charge in [-0.15, -0.1) is 0 Å². The van der Waals surface area contributed by atoms with Crippen molar-refractivity contribution in [2.45, 2.75) is 26.8 Å². The van der Waals surface area contributed by atoms with Crippen molar-refractivity contribution in [1.82, 2.24) is 10.3 Å². The van der Waals surface area contributed by atoms with Gasteiger partial charge in [0.15, 0.2) is 6.61 Å². The fraction of sp³-hybridized carbons (Fsp3) is 0.294. The maximum absolute atomic E-state index is 11.9. The van der Waals surface area contributed by atoms with Gasteiger partial charge in [0.25, 0.3) is 5.91 Å². The number of carbonyl (C=O) groups is 1. The summed E-state index contributed by atoms with van der Waals surface area (Å²) in [5.41, 5.74) is 3.15. The molecule has 1 heterocycles. The second kappa shape index (κ2) is 6.88. The van der Waals surface area contributed by atoms with Crippen LogP contribution < -0.4 is 10.1 Å². The van der Waals surface area contributed by atoms with Gasteiger partial charge in [-0.05, 0) is 55.7 Å². The molecule has 1 unspecified atom stereocenters. The topological polar surface area (TPSA) is 51.2 Å². The van der Waals surface area contributed by atoms with Crippen LogP contribution in [-0.2, 0) is 4.79 Å². The maximum atomic E-state index is 11.9. The van der Waals surface area contributed by atoms with Gasteiger partial charge >= 0.3 is 0 Å². The summed E-state index contributed by atoms with van der Waals surface area (Å²) in [5, 5.41) is 2.91. The molecule has 110 valence electrons. The van der Waals surface area contributed by atoms with E-state index in [1.54, 1.807) is 12.4 Å². The van der Waals surface area contributed by atoms with Gasteiger partial charge in [-0.25, -0.2) is 0 Å². The van der Waals surface area contributed by atoms with Crippen LogP contribution in [0.4, 0.5) is 0 Å². The molecule has 0 spiro atoms. The zero-order valence-corrected chi connectivity index (χ0v) is 12.6. The number of aryl methyl sites for hydroxylation is 2. The van der Waals surface area contributed by atoms with Crippen LogP contribution in [0, 0.1) is 13.8 Å². The molecule has 1 N–H and O–H groups in total. The fourth-order valence-corrected chi connectivity index (χ4v) is 2.02. The molecule has 0 aliphatic heterocycles. The maximum Gasteiger partial charge on any atom is 0.258 e. The summed E-state index contributed by atoms with van der Waals surface area (Å²) in [5.74, 6) is 0.613. The van der Waals surface area contributed by atoms with Crippen molar-refractivity contribution in [3.05, 3.63) is 59.4 Å². The number of nitrogens with one attached hydrogen (secondary N) is 1. The van der Waals surface area contributed by atoms with Crippen LogP contribution in [0.1, 0.15) is 29.7 Å². The molecule has 1 atom stereocenters. The van der Waals surface area contributed by atoms with Crippen LogP contribution in [0.5, 0.6) is 5.75 Å². The predicted molar refractivity (Wildman–Crippen MR) is 82.2 cm³/mol. The molecule has 1 amide bonds. The summed E-state index contributed by atoms with van der Waals surface area (Å²) in [6, 6.07) is 9.65. The minimum Gasteiger partial charge on any atom is -0.483 e. The number of carbonyl (C=O) groups excluding carboxylic acids is 1. The van der Waals surface area contributed by atoms with Gasteiger partial charge in [0.05, 0.1) is 6.04 Å². The molecule has 21 heavy (non-hydrogen) atoms. The van der Waals surface area contributed by atoms with Crippen LogP contribution in [0.2, 0.25) is 0 Å². The van der Waals surface area contributed by atoms with Gasteiger partial charge in [0.2, 0.25) is 0 Å². The zero-order valence-electron chi connectivity index (χ0n) is 12.6. The number of benzene rings is 1. The van der Waals surface area contributed by atoms with E-state index in [1.165, 1.54) is 0 Å². The molecule has 2 rings (SSSR count). The number of pyridine rings is 1. The molecule has 4 nitrogen and oxygen atoms in total. The summed E-state index contributed by atoms with van der Waals surface area (Å²) in [7, 11) is 0. The Bertz CT molecular complexity index is 611. The van der Waals surface area contributed by atoms with Gasteiger partial charge in [-0.1, -0.05) is 12.1 Å². The van der Waals surface area contributed by atoms with Crippen molar-refractivity contribution in [3.63, 3.8) is 0 Å². The number of ether oxygens (including phenoxy) is 1. The van der Waals surface area contributed by atoms with Gasteiger partial charge in [0.1, 0.15) is 5.75 Å². The van der Waals surface area contributed by atoms with E-state index in [0.29, 0.717) is 0 Å². The first-order valence-corrected chi connectivity index (χ1v) is 6.95. The van der Waals surface area contributed by atoms with E-state index in [2.05, 4.69) is 10.3 Å². The van der Waals surface area contributed by atoms with Crippen LogP contribution in [0.3, 0.4) is 0 Å². The first-order valence-electron chi connectivity index (χ1n) is 6.95. The molecule has 0 saturated heterocycles. The van der Waals surface area contributed by atoms with Crippen molar-refractivity contribution < 1.29 is 9.53 Å². The Morgan fingerprint density at radius 3 is 2.67 bits per heavy atom. The molecule has 0 aliphatic rings. The van der Waals surface area contributed by atoms with Gasteiger partial charge < -0.3 is 10.1 Å². The van der Waals surface area contributed by atoms with Crippen LogP contribution in [-0.4, -0.2) is 17.5 Å². The van der Waals surface area contributed by atoms with E-state index in [0.717, 1.165) is 22.4 Å². The SMILES string of the molecule is Cc1ccc(C)c(OCC(=O)NC(C)c2ccncc2)c1. The Hall–Kier alpha value is -2.36. The summed E-state index contributed by atoms with van der Waals surface area (Å²) < 4.78 is 5.59. The third-order valence-electron chi connectivity index (χ3n) is 3.29. The lowest BCUT2D eigenvalue weighted by molar-refractivity contribution is -0.123. The monoisotopic (exact) mass is 284 g/mol. The summed E-state index contributed by atoms with van der Waals surface area (Å²) in [6.07, 6.45) is 3.43. The number of aromatic nitrogens is 1. The number of hydrogen-bond acceptors (Lipinski definition) is 3. The standard InChI is InChI=1S/C17H20N2O2/c1-12-4-5-13(2)16(10-12)21-11-17(20)19-14(3)15-6-8-18-9-7-15/h4-10,14H,11H2,1-3H3,(H,19,20). The molecule has 1 aromatic heterocycles. The van der Waals surface area contributed by atoms with E-state index >= 15 is 0 Å². The minimum absolute atomic E-state index is 0.0136. The van der Waals surface area contributed by atoms with Crippen molar-refractivity contribution in [3.8, 4) is 5.75 Å². The lowest BCUT2D eigenvalue weighted by Gasteiger charge is -2.15. The third-order valence-corrected chi connectivity index (χ3v) is 3.29. The van der Waals surface area contributed by atoms with Crippen LogP contribution in [0.15, 0.2) is 42.7 Å². The number of hydrogen-bond donors (Lipinski definition) is 1. The summed E-state index contributed by atoms with van der Waals surface area (Å²) >= 11 is 0. The van der Waals surface area contributed by atoms with Crippen molar-refractivity contribution >= 4 is 5.91 Å². The fourth-order valence-electron chi connectivity index (χ4n) is 2.02. The first kappa shape index (κ1) is 15.0. The molecule has 0 aliphatic carbocycles. The largest absolute Gasteiger partial charge is 0.483 e. The Kier molecular flexibility index (Phi) is 4.93. The van der Waals surface area contributed by atoms with E-state index in [4.69, 9.17) is 4.74 Å². The van der Waals surface area contributed by atoms with E-state index in [9.17, 15) is 4.79 Å². The van der Waals surface area contributed by atoms with Crippen LogP contribution in [0.25, 0.3) is 0 Å². The Balaban J connectivity index is 1.89. The van der Waals surface area contributed by atoms with Gasteiger partial charge in [0, 0.05) is 12.4 Å². The molecular formula is C17H20N2O2. The first-order chi connectivity index (χ1) is 10.1. The van der Waals surface area contributed by atoms with Crippen LogP contribution >= 0.6 is 0 Å². The normalized spacial score (nSPS) is 11.8. The Morgan fingerprint density at radius 1 is 1.24 bits per heavy atom. The third kappa shape index (κ3) is 4.31. The number of nitrogens with zero attached hydrogens (tertiary/aromatic N) is 1. The second-order valence-electron chi connectivity index (χ2n) is 5.13. The number of amides is 1. The Morgan fingerprint density at radius 2 is 1.95 bits per heavy atom. The molecule has 0 saturated carbocycles. The highest BCUT2D eigenvalue weighted by atomic mass is 16.5. The lowest BCUT2D eigenvalue weighted by atomic mass is 10.1.